The maximum Gasteiger partial charge on any atom is 0.244 e. The molecule has 0 saturated heterocycles. The van der Waals surface area contributed by atoms with E-state index in [4.69, 9.17) is 21.1 Å². The van der Waals surface area contributed by atoms with Crippen LogP contribution in [-0.2, 0) is 14.3 Å². The summed E-state index contributed by atoms with van der Waals surface area (Å²) in [6.45, 7) is 8.94. The van der Waals surface area contributed by atoms with E-state index in [1.807, 2.05) is 32.8 Å². The van der Waals surface area contributed by atoms with Crippen LogP contribution < -0.4 is 15.4 Å². The van der Waals surface area contributed by atoms with Crippen LogP contribution in [0.3, 0.4) is 0 Å². The van der Waals surface area contributed by atoms with Crippen molar-refractivity contribution in [2.45, 2.75) is 39.5 Å². The van der Waals surface area contributed by atoms with E-state index in [0.717, 1.165) is 31.5 Å². The predicted octanol–water partition coefficient (Wildman–Crippen LogP) is 3.87. The molecule has 1 saturated carbocycles. The number of halogens is 1. The zero-order valence-electron chi connectivity index (χ0n) is 22.6. The molecule has 0 aliphatic heterocycles. The molecule has 1 amide bonds. The van der Waals surface area contributed by atoms with Crippen molar-refractivity contribution in [1.29, 1.82) is 0 Å². The number of allylic oxidation sites excluding steroid dienone is 1. The first kappa shape index (κ1) is 30.3. The van der Waals surface area contributed by atoms with Gasteiger partial charge >= 0.3 is 0 Å². The van der Waals surface area contributed by atoms with Crippen LogP contribution in [-0.4, -0.2) is 70.6 Å². The van der Waals surface area contributed by atoms with Crippen molar-refractivity contribution in [3.8, 4) is 5.75 Å². The minimum atomic E-state index is -0.220. The summed E-state index contributed by atoms with van der Waals surface area (Å²) in [5.74, 6) is 0.681. The minimum Gasteiger partial charge on any atom is -0.493 e. The van der Waals surface area contributed by atoms with Crippen molar-refractivity contribution in [2.75, 3.05) is 40.9 Å². The van der Waals surface area contributed by atoms with E-state index in [9.17, 15) is 9.59 Å². The molecule has 2 unspecified atom stereocenters. The number of nitrogens with one attached hydrogen (secondary N) is 2. The summed E-state index contributed by atoms with van der Waals surface area (Å²) in [4.78, 5) is 27.0. The third-order valence-corrected chi connectivity index (χ3v) is 6.54. The third-order valence-electron chi connectivity index (χ3n) is 6.31. The lowest BCUT2D eigenvalue weighted by Gasteiger charge is -2.29. The highest BCUT2D eigenvalue weighted by Gasteiger charge is 2.29. The molecule has 1 aliphatic rings. The van der Waals surface area contributed by atoms with Gasteiger partial charge in [0.2, 0.25) is 11.8 Å². The van der Waals surface area contributed by atoms with Crippen LogP contribution in [0.5, 0.6) is 5.75 Å². The molecule has 0 heterocycles. The molecule has 9 nitrogen and oxygen atoms in total. The molecule has 37 heavy (non-hydrogen) atoms. The van der Waals surface area contributed by atoms with E-state index in [1.165, 1.54) is 0 Å². The van der Waals surface area contributed by atoms with Crippen LogP contribution in [0.25, 0.3) is 0 Å². The van der Waals surface area contributed by atoms with E-state index < -0.39 is 0 Å². The van der Waals surface area contributed by atoms with Crippen molar-refractivity contribution in [3.63, 3.8) is 0 Å². The van der Waals surface area contributed by atoms with Crippen LogP contribution in [0, 0.1) is 17.8 Å². The predicted molar refractivity (Wildman–Crippen MR) is 148 cm³/mol. The van der Waals surface area contributed by atoms with Gasteiger partial charge in [-0.1, -0.05) is 24.9 Å². The highest BCUT2D eigenvalue weighted by molar-refractivity contribution is 6.31. The summed E-state index contributed by atoms with van der Waals surface area (Å²) in [5.41, 5.74) is 1.60. The Morgan fingerprint density at radius 2 is 2.11 bits per heavy atom. The van der Waals surface area contributed by atoms with Crippen LogP contribution in [0.2, 0.25) is 5.02 Å². The molecule has 0 aromatic heterocycles. The number of nitrogens with zero attached hydrogens (tertiary/aromatic N) is 3. The summed E-state index contributed by atoms with van der Waals surface area (Å²) in [6.07, 6.45) is 3.92. The molecule has 1 fully saturated rings. The fraction of sp³-hybridized carbons (Fsp3) is 0.556. The quantitative estimate of drug-likeness (QED) is 0.131. The van der Waals surface area contributed by atoms with Gasteiger partial charge in [0, 0.05) is 42.9 Å². The Morgan fingerprint density at radius 1 is 1.35 bits per heavy atom. The summed E-state index contributed by atoms with van der Waals surface area (Å²) in [7, 11) is 5.70. The summed E-state index contributed by atoms with van der Waals surface area (Å²) >= 11 is 6.20. The van der Waals surface area contributed by atoms with Crippen LogP contribution >= 0.6 is 11.6 Å². The van der Waals surface area contributed by atoms with Crippen molar-refractivity contribution in [1.82, 2.24) is 15.5 Å². The Labute approximate surface area is 225 Å². The fourth-order valence-electron chi connectivity index (χ4n) is 4.73. The largest absolute Gasteiger partial charge is 0.493 e. The van der Waals surface area contributed by atoms with Crippen LogP contribution in [0.1, 0.15) is 45.1 Å². The molecule has 3 atom stereocenters. The van der Waals surface area contributed by atoms with Crippen LogP contribution in [0.4, 0.5) is 0 Å². The van der Waals surface area contributed by atoms with Gasteiger partial charge in [0.25, 0.3) is 0 Å². The number of carbonyl (C=O) groups excluding carboxylic acids is 2. The number of ether oxygens (including phenoxy) is 2. The van der Waals surface area contributed by atoms with Gasteiger partial charge in [0.15, 0.2) is 6.29 Å². The monoisotopic (exact) mass is 533 g/mol. The van der Waals surface area contributed by atoms with E-state index in [-0.39, 0.29) is 35.3 Å². The van der Waals surface area contributed by atoms with E-state index in [2.05, 4.69) is 27.6 Å². The van der Waals surface area contributed by atoms with Gasteiger partial charge < -0.3 is 25.0 Å². The lowest BCUT2D eigenvalue weighted by atomic mass is 9.81. The van der Waals surface area contributed by atoms with Gasteiger partial charge in [-0.3, -0.25) is 9.59 Å². The smallest absolute Gasteiger partial charge is 0.244 e. The van der Waals surface area contributed by atoms with E-state index >= 15 is 0 Å². The zero-order valence-corrected chi connectivity index (χ0v) is 23.3. The highest BCUT2D eigenvalue weighted by atomic mass is 35.5. The number of benzene rings is 1. The molecule has 1 aromatic carbocycles. The average molecular weight is 534 g/mol. The Hall–Kier alpha value is -2.91. The van der Waals surface area contributed by atoms with Crippen molar-refractivity contribution in [2.24, 2.45) is 28.0 Å². The summed E-state index contributed by atoms with van der Waals surface area (Å²) in [6, 6.07) is 5.22. The van der Waals surface area contributed by atoms with Gasteiger partial charge in [-0.15, -0.1) is 5.10 Å². The first-order valence-corrected chi connectivity index (χ1v) is 13.0. The molecule has 0 radical (unpaired) electrons. The average Bonchev–Trinajstić information content (AvgIpc) is 2.87. The Bertz CT molecular complexity index is 995. The number of hydrogen-bond acceptors (Lipinski definition) is 8. The molecular formula is C27H40ClN5O4. The third kappa shape index (κ3) is 9.16. The number of aldehydes is 1. The SMILES string of the molecule is C=N/N=C(\OCC1CCCC(C(=O)N/C(C=O)=C(/NC)[C@@H](C)CN(C)C)C1)c1cc(Cl)ccc1OCC. The minimum absolute atomic E-state index is 0.0530. The molecule has 2 N–H and O–H groups in total. The standard InChI is InChI=1S/C27H40ClN5O4/c1-7-36-24-12-11-21(28)14-22(24)27(32-30-4)37-17-19-9-8-10-20(13-19)26(35)31-23(16-34)25(29-3)18(2)15-33(5)6/h11-12,14,16,18-20,29H,4,7-10,13,15,17H2,1-3,5-6H3,(H,31,35)/b25-23+,32-27-/t18-,19?,20?/m0/s1. The highest BCUT2D eigenvalue weighted by Crippen LogP contribution is 2.31. The lowest BCUT2D eigenvalue weighted by molar-refractivity contribution is -0.126. The molecule has 1 aliphatic carbocycles. The zero-order chi connectivity index (χ0) is 27.4. The second-order valence-corrected chi connectivity index (χ2v) is 9.94. The second-order valence-electron chi connectivity index (χ2n) is 9.51. The molecule has 10 heteroatoms. The van der Waals surface area contributed by atoms with Gasteiger partial charge in [-0.25, -0.2) is 0 Å². The van der Waals surface area contributed by atoms with E-state index in [0.29, 0.717) is 42.3 Å². The van der Waals surface area contributed by atoms with Crippen LogP contribution in [0.15, 0.2) is 39.8 Å². The molecule has 1 aromatic rings. The van der Waals surface area contributed by atoms with Gasteiger partial charge in [-0.2, -0.15) is 5.10 Å². The number of amides is 1. The van der Waals surface area contributed by atoms with Gasteiger partial charge in [-0.05, 0) is 64.4 Å². The first-order valence-electron chi connectivity index (χ1n) is 12.7. The normalized spacial score (nSPS) is 19.5. The van der Waals surface area contributed by atoms with Gasteiger partial charge in [0.05, 0.1) is 18.8 Å². The lowest BCUT2D eigenvalue weighted by Crippen LogP contribution is -2.37. The topological polar surface area (TPSA) is 105 Å². The molecule has 2 rings (SSSR count). The van der Waals surface area contributed by atoms with Crippen molar-refractivity contribution in [3.05, 3.63) is 40.2 Å². The Balaban J connectivity index is 2.09. The maximum absolute atomic E-state index is 13.1. The number of rotatable bonds is 13. The Kier molecular flexibility index (Phi) is 12.6. The summed E-state index contributed by atoms with van der Waals surface area (Å²) in [5, 5.41) is 14.2. The maximum atomic E-state index is 13.1. The number of carbonyl (C=O) groups is 2. The molecular weight excluding hydrogens is 494 g/mol. The first-order chi connectivity index (χ1) is 17.7. The molecule has 204 valence electrons. The van der Waals surface area contributed by atoms with Crippen molar-refractivity contribution >= 4 is 36.4 Å². The molecule has 0 spiro atoms. The number of hydrogen-bond donors (Lipinski definition) is 2. The Morgan fingerprint density at radius 3 is 2.73 bits per heavy atom. The second kappa shape index (κ2) is 15.4. The summed E-state index contributed by atoms with van der Waals surface area (Å²) < 4.78 is 11.8. The van der Waals surface area contributed by atoms with E-state index in [1.54, 1.807) is 25.2 Å². The fourth-order valence-corrected chi connectivity index (χ4v) is 4.91. The van der Waals surface area contributed by atoms with Crippen molar-refractivity contribution < 1.29 is 19.1 Å². The molecule has 0 bridgehead atoms. The van der Waals surface area contributed by atoms with Gasteiger partial charge in [0.1, 0.15) is 11.4 Å².